The van der Waals surface area contributed by atoms with Crippen LogP contribution in [0.2, 0.25) is 0 Å². The largest absolute Gasteiger partial charge is 0.275 e. The number of nitrogens with one attached hydrogen (secondary N) is 1. The minimum atomic E-state index is 0.0858. The van der Waals surface area contributed by atoms with E-state index in [1.54, 1.807) is 0 Å². The first kappa shape index (κ1) is 12.4. The number of aryl methyl sites for hydroxylation is 2. The molecule has 0 fully saturated rings. The Balaban J connectivity index is 1.97. The third kappa shape index (κ3) is 2.29. The van der Waals surface area contributed by atoms with Gasteiger partial charge >= 0.3 is 0 Å². The number of rotatable bonds is 3. The highest BCUT2D eigenvalue weighted by atomic mass is 15.3. The number of aromatic nitrogens is 2. The van der Waals surface area contributed by atoms with Gasteiger partial charge in [-0.2, -0.15) is 5.10 Å². The average molecular weight is 256 g/mol. The van der Waals surface area contributed by atoms with Crippen LogP contribution in [0.5, 0.6) is 0 Å². The van der Waals surface area contributed by atoms with Crippen molar-refractivity contribution in [1.82, 2.24) is 15.2 Å². The maximum Gasteiger partial charge on any atom is 0.0813 e. The van der Waals surface area contributed by atoms with Crippen molar-refractivity contribution < 1.29 is 0 Å². The smallest absolute Gasteiger partial charge is 0.0813 e. The summed E-state index contributed by atoms with van der Waals surface area (Å²) < 4.78 is 1.83. The van der Waals surface area contributed by atoms with Gasteiger partial charge in [0.1, 0.15) is 0 Å². The molecule has 0 saturated carbocycles. The van der Waals surface area contributed by atoms with Crippen LogP contribution in [0.4, 0.5) is 0 Å². The number of nitrogens with zero attached hydrogens (tertiary/aromatic N) is 2. The quantitative estimate of drug-likeness (QED) is 0.652. The van der Waals surface area contributed by atoms with Gasteiger partial charge in [0.25, 0.3) is 0 Å². The van der Waals surface area contributed by atoms with Crippen LogP contribution in [0.1, 0.15) is 41.6 Å². The fourth-order valence-electron chi connectivity index (χ4n) is 3.14. The Morgan fingerprint density at radius 2 is 2.21 bits per heavy atom. The first-order valence-electron chi connectivity index (χ1n) is 6.83. The predicted octanol–water partition coefficient (Wildman–Crippen LogP) is 2.04. The first-order valence-corrected chi connectivity index (χ1v) is 6.83. The van der Waals surface area contributed by atoms with Crippen LogP contribution in [-0.2, 0) is 13.5 Å². The zero-order chi connectivity index (χ0) is 13.2. The van der Waals surface area contributed by atoms with Gasteiger partial charge in [0.2, 0.25) is 0 Å². The second kappa shape index (κ2) is 5.15. The summed E-state index contributed by atoms with van der Waals surface area (Å²) in [4.78, 5) is 0. The number of hydrogen-bond donors (Lipinski definition) is 2. The lowest BCUT2D eigenvalue weighted by Crippen LogP contribution is -2.34. The Hall–Kier alpha value is -1.65. The van der Waals surface area contributed by atoms with Crippen molar-refractivity contribution in [3.63, 3.8) is 0 Å². The number of hydrogen-bond acceptors (Lipinski definition) is 3. The molecule has 0 amide bonds. The third-order valence-electron chi connectivity index (χ3n) is 4.05. The molecule has 0 saturated heterocycles. The molecule has 3 rings (SSSR count). The number of hydrazine groups is 1. The third-order valence-corrected chi connectivity index (χ3v) is 4.05. The summed E-state index contributed by atoms with van der Waals surface area (Å²) in [5.74, 6) is 6.21. The standard InChI is InChI=1S/C15H20N4/c1-19-10-9-14(18-19)15(17-16)13-8-4-6-11-5-2-3-7-12(11)13/h2-3,5,7,9-10,13,15,17H,4,6,8,16H2,1H3. The second-order valence-electron chi connectivity index (χ2n) is 5.26. The van der Waals surface area contributed by atoms with E-state index in [2.05, 4.69) is 34.8 Å². The maximum absolute atomic E-state index is 5.80. The fourth-order valence-corrected chi connectivity index (χ4v) is 3.14. The molecule has 19 heavy (non-hydrogen) atoms. The van der Waals surface area contributed by atoms with Crippen molar-refractivity contribution in [2.24, 2.45) is 12.9 Å². The molecule has 0 spiro atoms. The normalized spacial score (nSPS) is 20.0. The molecule has 1 aliphatic carbocycles. The molecule has 1 aliphatic rings. The highest BCUT2D eigenvalue weighted by molar-refractivity contribution is 5.35. The molecule has 2 atom stereocenters. The Morgan fingerprint density at radius 1 is 1.37 bits per heavy atom. The van der Waals surface area contributed by atoms with Gasteiger partial charge in [0, 0.05) is 19.2 Å². The van der Waals surface area contributed by atoms with E-state index in [0.717, 1.165) is 12.1 Å². The Kier molecular flexibility index (Phi) is 3.36. The topological polar surface area (TPSA) is 55.9 Å². The fraction of sp³-hybridized carbons (Fsp3) is 0.400. The molecule has 2 aromatic rings. The molecule has 100 valence electrons. The van der Waals surface area contributed by atoms with Gasteiger partial charge in [0.05, 0.1) is 11.7 Å². The van der Waals surface area contributed by atoms with Crippen molar-refractivity contribution in [3.8, 4) is 0 Å². The van der Waals surface area contributed by atoms with Crippen molar-refractivity contribution >= 4 is 0 Å². The van der Waals surface area contributed by atoms with Crippen molar-refractivity contribution in [3.05, 3.63) is 53.3 Å². The van der Waals surface area contributed by atoms with Crippen molar-refractivity contribution in [2.75, 3.05) is 0 Å². The Bertz CT molecular complexity index is 561. The van der Waals surface area contributed by atoms with E-state index >= 15 is 0 Å². The SMILES string of the molecule is Cn1ccc(C(NN)C2CCCc3ccccc32)n1. The van der Waals surface area contributed by atoms with E-state index in [9.17, 15) is 0 Å². The van der Waals surface area contributed by atoms with Gasteiger partial charge in [-0.15, -0.1) is 0 Å². The zero-order valence-electron chi connectivity index (χ0n) is 11.2. The molecule has 2 unspecified atom stereocenters. The van der Waals surface area contributed by atoms with E-state index in [1.807, 2.05) is 24.0 Å². The minimum absolute atomic E-state index is 0.0858. The van der Waals surface area contributed by atoms with Gasteiger partial charge in [-0.1, -0.05) is 24.3 Å². The zero-order valence-corrected chi connectivity index (χ0v) is 11.2. The van der Waals surface area contributed by atoms with Gasteiger partial charge in [-0.3, -0.25) is 16.0 Å². The lowest BCUT2D eigenvalue weighted by Gasteiger charge is -2.31. The lowest BCUT2D eigenvalue weighted by molar-refractivity contribution is 0.398. The van der Waals surface area contributed by atoms with Gasteiger partial charge in [0.15, 0.2) is 0 Å². The number of fused-ring (bicyclic) bond motifs is 1. The molecule has 1 heterocycles. The first-order chi connectivity index (χ1) is 9.29. The van der Waals surface area contributed by atoms with Crippen LogP contribution in [0, 0.1) is 0 Å². The number of benzene rings is 1. The van der Waals surface area contributed by atoms with Gasteiger partial charge < -0.3 is 0 Å². The molecule has 4 heteroatoms. The summed E-state index contributed by atoms with van der Waals surface area (Å²) in [6, 6.07) is 10.8. The lowest BCUT2D eigenvalue weighted by atomic mass is 9.78. The van der Waals surface area contributed by atoms with Crippen molar-refractivity contribution in [1.29, 1.82) is 0 Å². The maximum atomic E-state index is 5.80. The summed E-state index contributed by atoms with van der Waals surface area (Å²) in [5.41, 5.74) is 6.86. The average Bonchev–Trinajstić information content (AvgIpc) is 2.86. The van der Waals surface area contributed by atoms with E-state index < -0.39 is 0 Å². The molecular weight excluding hydrogens is 236 g/mol. The summed E-state index contributed by atoms with van der Waals surface area (Å²) in [6.45, 7) is 0. The molecule has 3 N–H and O–H groups in total. The predicted molar refractivity (Wildman–Crippen MR) is 75.4 cm³/mol. The molecule has 1 aromatic carbocycles. The summed E-state index contributed by atoms with van der Waals surface area (Å²) >= 11 is 0. The van der Waals surface area contributed by atoms with E-state index in [0.29, 0.717) is 5.92 Å². The highest BCUT2D eigenvalue weighted by Crippen LogP contribution is 2.39. The highest BCUT2D eigenvalue weighted by Gasteiger charge is 2.29. The van der Waals surface area contributed by atoms with Crippen LogP contribution in [0.15, 0.2) is 36.5 Å². The summed E-state index contributed by atoms with van der Waals surface area (Å²) in [5, 5.41) is 4.50. The van der Waals surface area contributed by atoms with E-state index in [-0.39, 0.29) is 6.04 Å². The van der Waals surface area contributed by atoms with Crippen LogP contribution in [0.25, 0.3) is 0 Å². The molecular formula is C15H20N4. The van der Waals surface area contributed by atoms with Crippen LogP contribution in [-0.4, -0.2) is 9.78 Å². The minimum Gasteiger partial charge on any atom is -0.275 e. The molecule has 0 radical (unpaired) electrons. The van der Waals surface area contributed by atoms with Crippen LogP contribution >= 0.6 is 0 Å². The Morgan fingerprint density at radius 3 is 2.95 bits per heavy atom. The molecule has 4 nitrogen and oxygen atoms in total. The van der Waals surface area contributed by atoms with Crippen molar-refractivity contribution in [2.45, 2.75) is 31.2 Å². The van der Waals surface area contributed by atoms with E-state index in [4.69, 9.17) is 5.84 Å². The molecule has 0 bridgehead atoms. The number of nitrogens with two attached hydrogens (primary N) is 1. The summed E-state index contributed by atoms with van der Waals surface area (Å²) in [7, 11) is 1.94. The van der Waals surface area contributed by atoms with Gasteiger partial charge in [-0.05, 0) is 36.5 Å². The second-order valence-corrected chi connectivity index (χ2v) is 5.26. The van der Waals surface area contributed by atoms with Crippen LogP contribution in [0.3, 0.4) is 0 Å². The Labute approximate surface area is 113 Å². The van der Waals surface area contributed by atoms with Gasteiger partial charge in [-0.25, -0.2) is 0 Å². The monoisotopic (exact) mass is 256 g/mol. The van der Waals surface area contributed by atoms with Crippen LogP contribution < -0.4 is 11.3 Å². The molecule has 0 aliphatic heterocycles. The van der Waals surface area contributed by atoms with E-state index in [1.165, 1.54) is 24.0 Å². The molecule has 1 aromatic heterocycles. The summed E-state index contributed by atoms with van der Waals surface area (Å²) in [6.07, 6.45) is 5.51.